The summed E-state index contributed by atoms with van der Waals surface area (Å²) in [7, 11) is 0. The van der Waals surface area contributed by atoms with Gasteiger partial charge in [-0.25, -0.2) is 0 Å². The van der Waals surface area contributed by atoms with Crippen LogP contribution in [0.1, 0.15) is 24.5 Å². The molecular formula is C23H23NO3S. The predicted octanol–water partition coefficient (Wildman–Crippen LogP) is 4.67. The number of thioether (sulfide) groups is 1. The van der Waals surface area contributed by atoms with Crippen molar-refractivity contribution < 1.29 is 14.3 Å². The number of hydrogen-bond donors (Lipinski definition) is 0. The Morgan fingerprint density at radius 1 is 1.04 bits per heavy atom. The van der Waals surface area contributed by atoms with E-state index in [1.54, 1.807) is 6.08 Å². The van der Waals surface area contributed by atoms with Gasteiger partial charge in [-0.15, -0.1) is 18.3 Å². The van der Waals surface area contributed by atoms with Crippen LogP contribution in [0.2, 0.25) is 0 Å². The summed E-state index contributed by atoms with van der Waals surface area (Å²) in [6, 6.07) is 17.3. The summed E-state index contributed by atoms with van der Waals surface area (Å²) in [5, 5.41) is 0. The van der Waals surface area contributed by atoms with E-state index in [0.29, 0.717) is 22.8 Å². The van der Waals surface area contributed by atoms with Crippen LogP contribution < -0.4 is 4.74 Å². The number of rotatable bonds is 9. The van der Waals surface area contributed by atoms with Gasteiger partial charge in [-0.3, -0.25) is 14.5 Å². The number of amides is 2. The average molecular weight is 394 g/mol. The van der Waals surface area contributed by atoms with E-state index >= 15 is 0 Å². The van der Waals surface area contributed by atoms with E-state index in [9.17, 15) is 9.59 Å². The van der Waals surface area contributed by atoms with Crippen molar-refractivity contribution >= 4 is 29.1 Å². The molecule has 1 aliphatic rings. The molecule has 144 valence electrons. The molecule has 1 heterocycles. The van der Waals surface area contributed by atoms with Crippen LogP contribution in [0, 0.1) is 0 Å². The quantitative estimate of drug-likeness (QED) is 0.459. The molecule has 0 saturated heterocycles. The maximum atomic E-state index is 12.9. The van der Waals surface area contributed by atoms with Crippen LogP contribution in [-0.4, -0.2) is 29.9 Å². The Labute approximate surface area is 169 Å². The lowest BCUT2D eigenvalue weighted by Crippen LogP contribution is -2.31. The van der Waals surface area contributed by atoms with Crippen molar-refractivity contribution in [2.75, 3.05) is 13.2 Å². The summed E-state index contributed by atoms with van der Waals surface area (Å²) in [5.74, 6) is 0.845. The minimum absolute atomic E-state index is 0.203. The second kappa shape index (κ2) is 9.42. The highest BCUT2D eigenvalue weighted by Crippen LogP contribution is 2.37. The number of benzene rings is 2. The summed E-state index contributed by atoms with van der Waals surface area (Å²) in [6.45, 7) is 6.56. The Morgan fingerprint density at radius 2 is 1.75 bits per heavy atom. The highest BCUT2D eigenvalue weighted by molar-refractivity contribution is 8.03. The molecule has 1 aliphatic heterocycles. The third kappa shape index (κ3) is 4.37. The molecule has 0 unspecified atom stereocenters. The van der Waals surface area contributed by atoms with Crippen molar-refractivity contribution in [2.45, 2.75) is 19.1 Å². The number of nitrogens with zero attached hydrogens (tertiary/aromatic N) is 1. The van der Waals surface area contributed by atoms with Crippen molar-refractivity contribution in [3.63, 3.8) is 0 Å². The first-order chi connectivity index (χ1) is 13.7. The summed E-state index contributed by atoms with van der Waals surface area (Å²) < 4.78 is 5.62. The molecule has 0 N–H and O–H groups in total. The molecule has 0 aromatic heterocycles. The van der Waals surface area contributed by atoms with E-state index in [-0.39, 0.29) is 18.4 Å². The Kier molecular flexibility index (Phi) is 6.71. The highest BCUT2D eigenvalue weighted by Gasteiger charge is 2.38. The molecule has 3 rings (SSSR count). The van der Waals surface area contributed by atoms with Crippen LogP contribution in [0.25, 0.3) is 5.57 Å². The van der Waals surface area contributed by atoms with Gasteiger partial charge in [-0.1, -0.05) is 55.5 Å². The molecule has 0 atom stereocenters. The van der Waals surface area contributed by atoms with Crippen molar-refractivity contribution in [3.05, 3.63) is 83.3 Å². The fraction of sp³-hybridized carbons (Fsp3) is 0.217. The smallest absolute Gasteiger partial charge is 0.268 e. The molecule has 28 heavy (non-hydrogen) atoms. The molecular weight excluding hydrogens is 370 g/mol. The van der Waals surface area contributed by atoms with Gasteiger partial charge < -0.3 is 4.74 Å². The third-order valence-corrected chi connectivity index (χ3v) is 5.42. The van der Waals surface area contributed by atoms with Gasteiger partial charge in [0.15, 0.2) is 0 Å². The van der Waals surface area contributed by atoms with Crippen molar-refractivity contribution in [2.24, 2.45) is 0 Å². The lowest BCUT2D eigenvalue weighted by atomic mass is 10.1. The Hall–Kier alpha value is -2.79. The molecule has 0 radical (unpaired) electrons. The zero-order chi connectivity index (χ0) is 19.9. The fourth-order valence-corrected chi connectivity index (χ4v) is 3.99. The van der Waals surface area contributed by atoms with Crippen LogP contribution in [0.15, 0.2) is 72.2 Å². The lowest BCUT2D eigenvalue weighted by Gasteiger charge is -2.12. The Bertz CT molecular complexity index is 888. The minimum atomic E-state index is -0.275. The molecule has 0 spiro atoms. The maximum Gasteiger partial charge on any atom is 0.268 e. The van der Waals surface area contributed by atoms with Gasteiger partial charge in [-0.2, -0.15) is 0 Å². The second-order valence-electron chi connectivity index (χ2n) is 6.36. The standard InChI is InChI=1S/C23H23NO3S/c1-3-14-24-22(25)20(18-10-12-19(13-11-18)27-15-4-2)21(23(24)26)28-16-17-8-6-5-7-9-17/h3,5-13H,1,4,14-16H2,2H3. The van der Waals surface area contributed by atoms with Crippen LogP contribution in [0.5, 0.6) is 5.75 Å². The van der Waals surface area contributed by atoms with Gasteiger partial charge in [0, 0.05) is 12.3 Å². The average Bonchev–Trinajstić information content (AvgIpc) is 2.96. The minimum Gasteiger partial charge on any atom is -0.494 e. The SMILES string of the molecule is C=CCN1C(=O)C(SCc2ccccc2)=C(c2ccc(OCCC)cc2)C1=O. The van der Waals surface area contributed by atoms with Gasteiger partial charge in [0.2, 0.25) is 0 Å². The van der Waals surface area contributed by atoms with Gasteiger partial charge >= 0.3 is 0 Å². The third-order valence-electron chi connectivity index (χ3n) is 4.28. The van der Waals surface area contributed by atoms with Gasteiger partial charge in [0.25, 0.3) is 11.8 Å². The number of carbonyl (C=O) groups excluding carboxylic acids is 2. The van der Waals surface area contributed by atoms with Crippen molar-refractivity contribution in [1.82, 2.24) is 4.90 Å². The molecule has 0 saturated carbocycles. The van der Waals surface area contributed by atoms with E-state index in [1.807, 2.05) is 61.5 Å². The molecule has 2 amide bonds. The largest absolute Gasteiger partial charge is 0.494 e. The van der Waals surface area contributed by atoms with Crippen molar-refractivity contribution in [1.29, 1.82) is 0 Å². The number of hydrogen-bond acceptors (Lipinski definition) is 4. The zero-order valence-electron chi connectivity index (χ0n) is 15.9. The van der Waals surface area contributed by atoms with E-state index in [2.05, 4.69) is 6.58 Å². The monoisotopic (exact) mass is 393 g/mol. The van der Waals surface area contributed by atoms with E-state index in [4.69, 9.17) is 4.74 Å². The number of ether oxygens (including phenoxy) is 1. The highest BCUT2D eigenvalue weighted by atomic mass is 32.2. The van der Waals surface area contributed by atoms with Gasteiger partial charge in [0.1, 0.15) is 5.75 Å². The second-order valence-corrected chi connectivity index (χ2v) is 7.35. The van der Waals surface area contributed by atoms with Gasteiger partial charge in [-0.05, 0) is 29.7 Å². The predicted molar refractivity (Wildman–Crippen MR) is 114 cm³/mol. The number of imide groups is 1. The number of carbonyl (C=O) groups is 2. The Balaban J connectivity index is 1.90. The molecule has 4 nitrogen and oxygen atoms in total. The molecule has 0 bridgehead atoms. The molecule has 2 aromatic carbocycles. The van der Waals surface area contributed by atoms with E-state index in [1.165, 1.54) is 16.7 Å². The normalized spacial score (nSPS) is 14.0. The van der Waals surface area contributed by atoms with E-state index in [0.717, 1.165) is 23.3 Å². The molecule has 0 aliphatic carbocycles. The van der Waals surface area contributed by atoms with E-state index < -0.39 is 0 Å². The summed E-state index contributed by atoms with van der Waals surface area (Å²) in [5.41, 5.74) is 2.28. The first kappa shape index (κ1) is 20.0. The summed E-state index contributed by atoms with van der Waals surface area (Å²) in [4.78, 5) is 27.5. The first-order valence-electron chi connectivity index (χ1n) is 9.27. The lowest BCUT2D eigenvalue weighted by molar-refractivity contribution is -0.135. The van der Waals surface area contributed by atoms with Gasteiger partial charge in [0.05, 0.1) is 17.1 Å². The van der Waals surface area contributed by atoms with Crippen LogP contribution >= 0.6 is 11.8 Å². The summed E-state index contributed by atoms with van der Waals surface area (Å²) in [6.07, 6.45) is 2.50. The zero-order valence-corrected chi connectivity index (χ0v) is 16.7. The Morgan fingerprint density at radius 3 is 2.39 bits per heavy atom. The van der Waals surface area contributed by atoms with Crippen LogP contribution in [-0.2, 0) is 15.3 Å². The van der Waals surface area contributed by atoms with Crippen LogP contribution in [0.3, 0.4) is 0 Å². The summed E-state index contributed by atoms with van der Waals surface area (Å²) >= 11 is 1.40. The van der Waals surface area contributed by atoms with Crippen LogP contribution in [0.4, 0.5) is 0 Å². The maximum absolute atomic E-state index is 12.9. The first-order valence-corrected chi connectivity index (χ1v) is 10.3. The van der Waals surface area contributed by atoms with Crippen molar-refractivity contribution in [3.8, 4) is 5.75 Å². The fourth-order valence-electron chi connectivity index (χ4n) is 2.90. The molecule has 2 aromatic rings. The topological polar surface area (TPSA) is 46.6 Å². The molecule has 5 heteroatoms. The molecule has 0 fully saturated rings.